The molecule has 136 valence electrons. The van der Waals surface area contributed by atoms with Crippen LogP contribution in [-0.4, -0.2) is 61.4 Å². The Morgan fingerprint density at radius 1 is 1.42 bits per heavy atom. The molecule has 1 saturated heterocycles. The van der Waals surface area contributed by atoms with Gasteiger partial charge in [0.2, 0.25) is 0 Å². The molecule has 0 amide bonds. The standard InChI is InChI=1S/C18H23N7O/c1-24(2)17-7-18(23-12-22-17)25-11-15(26-3)6-14(25)10-21-16-4-5-20-9-13(16)8-19/h4-5,7,9,12,14-15H,6,10-11H2,1-3H3,(H,20,21)/t14-,15-/m1/s1. The van der Waals surface area contributed by atoms with Crippen LogP contribution >= 0.6 is 0 Å². The van der Waals surface area contributed by atoms with E-state index in [1.54, 1.807) is 25.8 Å². The van der Waals surface area contributed by atoms with Gasteiger partial charge in [0.25, 0.3) is 0 Å². The summed E-state index contributed by atoms with van der Waals surface area (Å²) in [5.41, 5.74) is 1.33. The lowest BCUT2D eigenvalue weighted by Gasteiger charge is -2.26. The van der Waals surface area contributed by atoms with E-state index in [-0.39, 0.29) is 12.1 Å². The first-order valence-corrected chi connectivity index (χ1v) is 8.49. The van der Waals surface area contributed by atoms with Gasteiger partial charge in [0.1, 0.15) is 24.0 Å². The molecule has 0 spiro atoms. The Labute approximate surface area is 153 Å². The lowest BCUT2D eigenvalue weighted by atomic mass is 10.2. The van der Waals surface area contributed by atoms with Gasteiger partial charge in [-0.2, -0.15) is 5.26 Å². The number of pyridine rings is 1. The van der Waals surface area contributed by atoms with E-state index in [0.29, 0.717) is 12.1 Å². The molecule has 0 bridgehead atoms. The van der Waals surface area contributed by atoms with Gasteiger partial charge in [-0.05, 0) is 12.5 Å². The van der Waals surface area contributed by atoms with Crippen LogP contribution in [0.1, 0.15) is 12.0 Å². The molecule has 2 atom stereocenters. The highest BCUT2D eigenvalue weighted by Crippen LogP contribution is 2.27. The van der Waals surface area contributed by atoms with Crippen LogP contribution < -0.4 is 15.1 Å². The Balaban J connectivity index is 1.78. The summed E-state index contributed by atoms with van der Waals surface area (Å²) >= 11 is 0. The van der Waals surface area contributed by atoms with E-state index in [4.69, 9.17) is 4.74 Å². The van der Waals surface area contributed by atoms with Crippen LogP contribution in [0.25, 0.3) is 0 Å². The Morgan fingerprint density at radius 2 is 2.27 bits per heavy atom. The normalized spacial score (nSPS) is 19.2. The summed E-state index contributed by atoms with van der Waals surface area (Å²) in [5, 5.41) is 12.6. The third kappa shape index (κ3) is 3.83. The van der Waals surface area contributed by atoms with Crippen LogP contribution in [-0.2, 0) is 4.74 Å². The van der Waals surface area contributed by atoms with Gasteiger partial charge in [-0.25, -0.2) is 9.97 Å². The minimum absolute atomic E-state index is 0.146. The fourth-order valence-corrected chi connectivity index (χ4v) is 3.12. The van der Waals surface area contributed by atoms with Gasteiger partial charge in [-0.15, -0.1) is 0 Å². The summed E-state index contributed by atoms with van der Waals surface area (Å²) in [4.78, 5) is 16.9. The monoisotopic (exact) mass is 353 g/mol. The molecule has 3 heterocycles. The highest BCUT2D eigenvalue weighted by molar-refractivity contribution is 5.56. The quantitative estimate of drug-likeness (QED) is 0.836. The molecule has 0 unspecified atom stereocenters. The Bertz CT molecular complexity index is 789. The zero-order valence-corrected chi connectivity index (χ0v) is 15.3. The molecule has 2 aromatic rings. The fraction of sp³-hybridized carbons (Fsp3) is 0.444. The van der Waals surface area contributed by atoms with Crippen molar-refractivity contribution in [2.24, 2.45) is 0 Å². The highest BCUT2D eigenvalue weighted by atomic mass is 16.5. The van der Waals surface area contributed by atoms with Gasteiger partial charge in [0, 0.05) is 52.8 Å². The number of anilines is 3. The van der Waals surface area contributed by atoms with Gasteiger partial charge in [-0.1, -0.05) is 0 Å². The van der Waals surface area contributed by atoms with E-state index in [9.17, 15) is 5.26 Å². The predicted molar refractivity (Wildman–Crippen MR) is 100 cm³/mol. The summed E-state index contributed by atoms with van der Waals surface area (Å²) < 4.78 is 5.58. The van der Waals surface area contributed by atoms with Crippen molar-refractivity contribution in [3.05, 3.63) is 36.4 Å². The zero-order valence-electron chi connectivity index (χ0n) is 15.3. The molecular weight excluding hydrogens is 330 g/mol. The van der Waals surface area contributed by atoms with Crippen molar-refractivity contribution in [3.8, 4) is 6.07 Å². The SMILES string of the molecule is CO[C@@H]1C[C@H](CNc2ccncc2C#N)N(c2cc(N(C)C)ncn2)C1. The maximum Gasteiger partial charge on any atom is 0.134 e. The molecule has 0 saturated carbocycles. The average molecular weight is 353 g/mol. The Hall–Kier alpha value is -2.92. The number of hydrogen-bond donors (Lipinski definition) is 1. The lowest BCUT2D eigenvalue weighted by molar-refractivity contribution is 0.118. The fourth-order valence-electron chi connectivity index (χ4n) is 3.12. The number of nitrogens with zero attached hydrogens (tertiary/aromatic N) is 6. The maximum absolute atomic E-state index is 9.22. The van der Waals surface area contributed by atoms with E-state index in [0.717, 1.165) is 30.3 Å². The van der Waals surface area contributed by atoms with Crippen molar-refractivity contribution in [2.75, 3.05) is 49.4 Å². The number of aromatic nitrogens is 3. The van der Waals surface area contributed by atoms with Gasteiger partial charge >= 0.3 is 0 Å². The molecule has 8 heteroatoms. The third-order valence-electron chi connectivity index (χ3n) is 4.57. The van der Waals surface area contributed by atoms with Crippen LogP contribution in [0.4, 0.5) is 17.3 Å². The summed E-state index contributed by atoms with van der Waals surface area (Å²) in [6, 6.07) is 6.17. The van der Waals surface area contributed by atoms with Crippen molar-refractivity contribution in [1.29, 1.82) is 5.26 Å². The summed E-state index contributed by atoms with van der Waals surface area (Å²) in [7, 11) is 5.65. The summed E-state index contributed by atoms with van der Waals surface area (Å²) in [6.07, 6.45) is 5.87. The largest absolute Gasteiger partial charge is 0.382 e. The van der Waals surface area contributed by atoms with Crippen molar-refractivity contribution in [1.82, 2.24) is 15.0 Å². The molecule has 1 aliphatic heterocycles. The molecular formula is C18H23N7O. The molecule has 8 nitrogen and oxygen atoms in total. The molecule has 1 N–H and O–H groups in total. The Morgan fingerprint density at radius 3 is 3.00 bits per heavy atom. The number of ether oxygens (including phenoxy) is 1. The maximum atomic E-state index is 9.22. The van der Waals surface area contributed by atoms with E-state index >= 15 is 0 Å². The van der Waals surface area contributed by atoms with Gasteiger partial charge in [-0.3, -0.25) is 4.98 Å². The minimum Gasteiger partial charge on any atom is -0.382 e. The highest BCUT2D eigenvalue weighted by Gasteiger charge is 2.33. The van der Waals surface area contributed by atoms with E-state index in [2.05, 4.69) is 31.2 Å². The number of nitrogens with one attached hydrogen (secondary N) is 1. The van der Waals surface area contributed by atoms with E-state index < -0.39 is 0 Å². The summed E-state index contributed by atoms with van der Waals surface area (Å²) in [6.45, 7) is 1.45. The van der Waals surface area contributed by atoms with Crippen molar-refractivity contribution in [2.45, 2.75) is 18.6 Å². The first-order chi connectivity index (χ1) is 12.6. The first kappa shape index (κ1) is 17.9. The lowest BCUT2D eigenvalue weighted by Crippen LogP contribution is -2.36. The van der Waals surface area contributed by atoms with Crippen LogP contribution in [0.15, 0.2) is 30.9 Å². The molecule has 26 heavy (non-hydrogen) atoms. The molecule has 0 aromatic carbocycles. The number of hydrogen-bond acceptors (Lipinski definition) is 8. The molecule has 1 fully saturated rings. The second-order valence-corrected chi connectivity index (χ2v) is 6.44. The minimum atomic E-state index is 0.146. The van der Waals surface area contributed by atoms with Gasteiger partial charge in [0.05, 0.1) is 23.4 Å². The number of nitriles is 1. The Kier molecular flexibility index (Phi) is 5.49. The van der Waals surface area contributed by atoms with Crippen molar-refractivity contribution < 1.29 is 4.74 Å². The second-order valence-electron chi connectivity index (χ2n) is 6.44. The first-order valence-electron chi connectivity index (χ1n) is 8.49. The molecule has 0 aliphatic carbocycles. The average Bonchev–Trinajstić information content (AvgIpc) is 3.10. The van der Waals surface area contributed by atoms with Crippen LogP contribution in [0.2, 0.25) is 0 Å². The van der Waals surface area contributed by atoms with E-state index in [1.807, 2.05) is 31.1 Å². The van der Waals surface area contributed by atoms with Crippen LogP contribution in [0, 0.1) is 11.3 Å². The molecule has 0 radical (unpaired) electrons. The number of rotatable bonds is 6. The number of methoxy groups -OCH3 is 1. The molecule has 3 rings (SSSR count). The molecule has 1 aliphatic rings. The van der Waals surface area contributed by atoms with Gasteiger partial charge < -0.3 is 19.9 Å². The summed E-state index contributed by atoms with van der Waals surface area (Å²) in [5.74, 6) is 1.74. The van der Waals surface area contributed by atoms with Gasteiger partial charge in [0.15, 0.2) is 0 Å². The molecule has 2 aromatic heterocycles. The van der Waals surface area contributed by atoms with E-state index in [1.165, 1.54) is 0 Å². The third-order valence-corrected chi connectivity index (χ3v) is 4.57. The van der Waals surface area contributed by atoms with Crippen LogP contribution in [0.5, 0.6) is 0 Å². The van der Waals surface area contributed by atoms with Crippen molar-refractivity contribution in [3.63, 3.8) is 0 Å². The zero-order chi connectivity index (χ0) is 18.5. The van der Waals surface area contributed by atoms with Crippen LogP contribution in [0.3, 0.4) is 0 Å². The van der Waals surface area contributed by atoms with Crippen molar-refractivity contribution >= 4 is 17.3 Å². The second kappa shape index (κ2) is 7.97. The smallest absolute Gasteiger partial charge is 0.134 e. The topological polar surface area (TPSA) is 90.2 Å². The predicted octanol–water partition coefficient (Wildman–Crippen LogP) is 1.52.